The Morgan fingerprint density at radius 3 is 2.56 bits per heavy atom. The third-order valence-corrected chi connectivity index (χ3v) is 9.40. The van der Waals surface area contributed by atoms with Gasteiger partial charge in [-0.2, -0.15) is 0 Å². The summed E-state index contributed by atoms with van der Waals surface area (Å²) in [5.74, 6) is -0.161. The highest BCUT2D eigenvalue weighted by Crippen LogP contribution is 2.35. The molecule has 0 spiro atoms. The van der Waals surface area contributed by atoms with Gasteiger partial charge >= 0.3 is 0 Å². The minimum Gasteiger partial charge on any atom is -0.376 e. The summed E-state index contributed by atoms with van der Waals surface area (Å²) >= 11 is 6.66. The predicted octanol–water partition coefficient (Wildman–Crippen LogP) is 3.01. The number of hydrogen-bond donors (Lipinski definition) is 1. The second-order valence-corrected chi connectivity index (χ2v) is 11.7. The lowest BCUT2D eigenvalue weighted by Gasteiger charge is -2.11. The van der Waals surface area contributed by atoms with E-state index in [1.165, 1.54) is 31.2 Å². The number of rotatable bonds is 7. The molecule has 0 bridgehead atoms. The number of ether oxygens (including phenoxy) is 1. The number of aromatic nitrogens is 1. The summed E-state index contributed by atoms with van der Waals surface area (Å²) in [5, 5.41) is 3.33. The molecule has 27 heavy (non-hydrogen) atoms. The van der Waals surface area contributed by atoms with Crippen molar-refractivity contribution in [3.8, 4) is 0 Å². The van der Waals surface area contributed by atoms with E-state index in [2.05, 4.69) is 10.3 Å². The van der Waals surface area contributed by atoms with E-state index in [-0.39, 0.29) is 31.1 Å². The molecule has 0 radical (unpaired) electrons. The average Bonchev–Trinajstić information content (AvgIpc) is 3.30. The second-order valence-electron chi connectivity index (χ2n) is 5.99. The minimum atomic E-state index is -4.01. The number of hydrogen-bond acceptors (Lipinski definition) is 8. The number of benzene rings is 1. The Bertz CT molecular complexity index is 1010. The van der Waals surface area contributed by atoms with Crippen LogP contribution in [0.2, 0.25) is 5.02 Å². The largest absolute Gasteiger partial charge is 0.376 e. The van der Waals surface area contributed by atoms with Gasteiger partial charge in [0.1, 0.15) is 5.00 Å². The number of nitrogens with one attached hydrogen (secondary N) is 1. The van der Waals surface area contributed by atoms with Crippen molar-refractivity contribution in [2.75, 3.05) is 24.2 Å². The Labute approximate surface area is 167 Å². The predicted molar refractivity (Wildman–Crippen MR) is 104 cm³/mol. The molecular weight excluding hydrogens is 432 g/mol. The molecule has 3 rings (SSSR count). The van der Waals surface area contributed by atoms with Crippen molar-refractivity contribution in [1.29, 1.82) is 0 Å². The van der Waals surface area contributed by atoms with Gasteiger partial charge in [-0.05, 0) is 37.1 Å². The van der Waals surface area contributed by atoms with Crippen LogP contribution in [0, 0.1) is 0 Å². The first kappa shape index (κ1) is 20.5. The maximum atomic E-state index is 13.0. The van der Waals surface area contributed by atoms with Crippen molar-refractivity contribution in [3.05, 3.63) is 29.3 Å². The first-order valence-electron chi connectivity index (χ1n) is 8.34. The lowest BCUT2D eigenvalue weighted by atomic mass is 10.2. The Morgan fingerprint density at radius 2 is 1.96 bits per heavy atom. The van der Waals surface area contributed by atoms with E-state index in [4.69, 9.17) is 16.3 Å². The van der Waals surface area contributed by atoms with Gasteiger partial charge in [0, 0.05) is 18.2 Å². The fraction of sp³-hybridized carbons (Fsp3) is 0.438. The summed E-state index contributed by atoms with van der Waals surface area (Å²) in [6.07, 6.45) is 1.77. The number of anilines is 1. The molecule has 1 aliphatic rings. The zero-order valence-corrected chi connectivity index (χ0v) is 17.7. The summed E-state index contributed by atoms with van der Waals surface area (Å²) in [4.78, 5) is 3.97. The van der Waals surface area contributed by atoms with E-state index in [9.17, 15) is 16.8 Å². The highest BCUT2D eigenvalue weighted by Gasteiger charge is 2.30. The third kappa shape index (κ3) is 4.45. The highest BCUT2D eigenvalue weighted by atomic mass is 35.5. The maximum Gasteiger partial charge on any atom is 0.226 e. The fourth-order valence-corrected chi connectivity index (χ4v) is 6.70. The van der Waals surface area contributed by atoms with E-state index in [0.29, 0.717) is 18.2 Å². The monoisotopic (exact) mass is 450 g/mol. The number of halogens is 1. The Morgan fingerprint density at radius 1 is 1.26 bits per heavy atom. The molecule has 1 atom stereocenters. The SMILES string of the molecule is CCS(=O)(=O)c1nc(S(=O)(=O)c2ccc(Cl)cc2)c(NCC2CCCO2)s1. The standard InChI is InChI=1S/C16H19ClN2O5S3/c1-2-26(20,21)16-19-15(14(25-16)18-10-12-4-3-9-24-12)27(22,23)13-7-5-11(17)6-8-13/h5-8,12,18H,2-4,9-10H2,1H3. The van der Waals surface area contributed by atoms with Crippen LogP contribution in [0.3, 0.4) is 0 Å². The fourth-order valence-electron chi connectivity index (χ4n) is 2.58. The third-order valence-electron chi connectivity index (χ3n) is 4.12. The highest BCUT2D eigenvalue weighted by molar-refractivity contribution is 7.94. The van der Waals surface area contributed by atoms with Crippen molar-refractivity contribution in [2.45, 2.75) is 40.1 Å². The molecule has 2 heterocycles. The smallest absolute Gasteiger partial charge is 0.226 e. The summed E-state index contributed by atoms with van der Waals surface area (Å²) in [5.41, 5.74) is 0. The maximum absolute atomic E-state index is 13.0. The van der Waals surface area contributed by atoms with Crippen LogP contribution in [0.1, 0.15) is 19.8 Å². The van der Waals surface area contributed by atoms with Gasteiger partial charge in [0.25, 0.3) is 0 Å². The molecule has 148 valence electrons. The molecule has 1 aliphatic heterocycles. The Balaban J connectivity index is 2.01. The van der Waals surface area contributed by atoms with Crippen molar-refractivity contribution in [1.82, 2.24) is 4.98 Å². The van der Waals surface area contributed by atoms with Crippen LogP contribution in [0.5, 0.6) is 0 Å². The topological polar surface area (TPSA) is 102 Å². The lowest BCUT2D eigenvalue weighted by Crippen LogP contribution is -2.19. The van der Waals surface area contributed by atoms with Gasteiger partial charge in [0.15, 0.2) is 5.03 Å². The van der Waals surface area contributed by atoms with Crippen molar-refractivity contribution >= 4 is 47.6 Å². The molecule has 0 aliphatic carbocycles. The summed E-state index contributed by atoms with van der Waals surface area (Å²) in [6.45, 7) is 2.54. The van der Waals surface area contributed by atoms with Crippen LogP contribution in [0.4, 0.5) is 5.00 Å². The molecule has 2 aromatic rings. The van der Waals surface area contributed by atoms with Gasteiger partial charge in [-0.3, -0.25) is 0 Å². The number of sulfone groups is 2. The van der Waals surface area contributed by atoms with Crippen molar-refractivity contribution in [3.63, 3.8) is 0 Å². The van der Waals surface area contributed by atoms with E-state index in [1.807, 2.05) is 0 Å². The molecule has 1 aromatic heterocycles. The van der Waals surface area contributed by atoms with Gasteiger partial charge in [0.05, 0.1) is 16.8 Å². The molecule has 1 N–H and O–H groups in total. The second kappa shape index (κ2) is 8.04. The van der Waals surface area contributed by atoms with Crippen molar-refractivity contribution < 1.29 is 21.6 Å². The van der Waals surface area contributed by atoms with E-state index in [0.717, 1.165) is 24.2 Å². The number of nitrogens with zero attached hydrogens (tertiary/aromatic N) is 1. The first-order valence-corrected chi connectivity index (χ1v) is 12.7. The minimum absolute atomic E-state index is 0.00203. The van der Waals surface area contributed by atoms with Gasteiger partial charge in [0.2, 0.25) is 24.0 Å². The molecule has 0 amide bonds. The number of thiazole rings is 1. The first-order chi connectivity index (χ1) is 12.7. The van der Waals surface area contributed by atoms with Gasteiger partial charge < -0.3 is 10.1 Å². The molecule has 1 aromatic carbocycles. The summed E-state index contributed by atoms with van der Waals surface area (Å²) < 4.78 is 55.8. The summed E-state index contributed by atoms with van der Waals surface area (Å²) in [7, 11) is -7.64. The van der Waals surface area contributed by atoms with Gasteiger partial charge in [-0.15, -0.1) is 0 Å². The Kier molecular flexibility index (Phi) is 6.11. The molecule has 1 unspecified atom stereocenters. The molecular formula is C16H19ClN2O5S3. The summed E-state index contributed by atoms with van der Waals surface area (Å²) in [6, 6.07) is 5.66. The van der Waals surface area contributed by atoms with Crippen LogP contribution in [-0.2, 0) is 24.4 Å². The quantitative estimate of drug-likeness (QED) is 0.691. The van der Waals surface area contributed by atoms with Crippen LogP contribution in [0.25, 0.3) is 0 Å². The van der Waals surface area contributed by atoms with Crippen LogP contribution >= 0.6 is 22.9 Å². The molecule has 0 saturated carbocycles. The molecule has 1 saturated heterocycles. The lowest BCUT2D eigenvalue weighted by molar-refractivity contribution is 0.120. The molecule has 11 heteroatoms. The Hall–Kier alpha value is -1.20. The zero-order chi connectivity index (χ0) is 19.7. The normalized spacial score (nSPS) is 17.9. The molecule has 7 nitrogen and oxygen atoms in total. The van der Waals surface area contributed by atoms with E-state index in [1.54, 1.807) is 0 Å². The van der Waals surface area contributed by atoms with Crippen molar-refractivity contribution in [2.24, 2.45) is 0 Å². The van der Waals surface area contributed by atoms with Crippen LogP contribution < -0.4 is 5.32 Å². The van der Waals surface area contributed by atoms with E-state index >= 15 is 0 Å². The molecule has 1 fully saturated rings. The van der Waals surface area contributed by atoms with Gasteiger partial charge in [-0.1, -0.05) is 29.9 Å². The average molecular weight is 451 g/mol. The zero-order valence-electron chi connectivity index (χ0n) is 14.5. The van der Waals surface area contributed by atoms with E-state index < -0.39 is 19.7 Å². The van der Waals surface area contributed by atoms with Gasteiger partial charge in [-0.25, -0.2) is 21.8 Å². The van der Waals surface area contributed by atoms with Crippen LogP contribution in [-0.4, -0.2) is 46.8 Å². The van der Waals surface area contributed by atoms with Crippen LogP contribution in [0.15, 0.2) is 38.5 Å².